The fourth-order valence-electron chi connectivity index (χ4n) is 1.80. The lowest BCUT2D eigenvalue weighted by molar-refractivity contribution is 0.0937. The Morgan fingerprint density at radius 2 is 1.77 bits per heavy atom. The van der Waals surface area contributed by atoms with E-state index in [2.05, 4.69) is 16.2 Å². The van der Waals surface area contributed by atoms with Crippen LogP contribution in [0.2, 0.25) is 5.02 Å². The molecule has 0 unspecified atom stereocenters. The third-order valence-corrected chi connectivity index (χ3v) is 3.14. The molecule has 0 aliphatic heterocycles. The molecule has 0 fully saturated rings. The van der Waals surface area contributed by atoms with Crippen molar-refractivity contribution in [1.82, 2.24) is 10.9 Å². The van der Waals surface area contributed by atoms with Crippen molar-refractivity contribution in [2.24, 2.45) is 0 Å². The van der Waals surface area contributed by atoms with Crippen LogP contribution in [0.25, 0.3) is 0 Å². The second-order valence-corrected chi connectivity index (χ2v) is 4.74. The molecule has 3 N–H and O–H groups in total. The zero-order valence-corrected chi connectivity index (χ0v) is 12.4. The SMILES string of the molecule is CNNC(=O)c1ccc(NC(=O)c2ccccc2F)cc1Cl. The number of anilines is 1. The Balaban J connectivity index is 2.18. The van der Waals surface area contributed by atoms with Gasteiger partial charge in [0.2, 0.25) is 0 Å². The Morgan fingerprint density at radius 1 is 1.05 bits per heavy atom. The molecule has 0 aromatic heterocycles. The van der Waals surface area contributed by atoms with Gasteiger partial charge < -0.3 is 5.32 Å². The molecule has 114 valence electrons. The fourth-order valence-corrected chi connectivity index (χ4v) is 2.07. The Bertz CT molecular complexity index is 722. The molecule has 0 aliphatic rings. The van der Waals surface area contributed by atoms with Gasteiger partial charge in [-0.05, 0) is 30.3 Å². The van der Waals surface area contributed by atoms with Crippen LogP contribution in [0, 0.1) is 5.82 Å². The third-order valence-electron chi connectivity index (χ3n) is 2.83. The standard InChI is InChI=1S/C15H13ClFN3O2/c1-18-20-15(22)10-7-6-9(8-12(10)16)19-14(21)11-4-2-3-5-13(11)17/h2-8,18H,1H3,(H,19,21)(H,20,22). The molecule has 0 spiro atoms. The monoisotopic (exact) mass is 321 g/mol. The van der Waals surface area contributed by atoms with E-state index in [4.69, 9.17) is 11.6 Å². The number of hydrogen-bond acceptors (Lipinski definition) is 3. The van der Waals surface area contributed by atoms with Crippen molar-refractivity contribution in [3.8, 4) is 0 Å². The van der Waals surface area contributed by atoms with E-state index >= 15 is 0 Å². The van der Waals surface area contributed by atoms with Gasteiger partial charge in [-0.2, -0.15) is 0 Å². The molecule has 2 aromatic rings. The normalized spacial score (nSPS) is 10.1. The maximum atomic E-state index is 13.5. The molecule has 22 heavy (non-hydrogen) atoms. The highest BCUT2D eigenvalue weighted by Crippen LogP contribution is 2.21. The van der Waals surface area contributed by atoms with Gasteiger partial charge in [-0.25, -0.2) is 9.82 Å². The first-order valence-electron chi connectivity index (χ1n) is 6.35. The lowest BCUT2D eigenvalue weighted by Gasteiger charge is -2.09. The first kappa shape index (κ1) is 15.9. The average molecular weight is 322 g/mol. The molecule has 0 atom stereocenters. The quantitative estimate of drug-likeness (QED) is 0.758. The summed E-state index contributed by atoms with van der Waals surface area (Å²) < 4.78 is 13.5. The molecule has 2 aromatic carbocycles. The zero-order valence-electron chi connectivity index (χ0n) is 11.6. The van der Waals surface area contributed by atoms with Crippen LogP contribution in [0.1, 0.15) is 20.7 Å². The Hall–Kier alpha value is -2.44. The van der Waals surface area contributed by atoms with Crippen LogP contribution in [-0.2, 0) is 0 Å². The minimum Gasteiger partial charge on any atom is -0.322 e. The number of halogens is 2. The molecule has 0 bridgehead atoms. The number of carbonyl (C=O) groups excluding carboxylic acids is 2. The van der Waals surface area contributed by atoms with Gasteiger partial charge in [-0.1, -0.05) is 23.7 Å². The van der Waals surface area contributed by atoms with Crippen LogP contribution in [0.15, 0.2) is 42.5 Å². The number of amides is 2. The van der Waals surface area contributed by atoms with Crippen LogP contribution >= 0.6 is 11.6 Å². The molecule has 5 nitrogen and oxygen atoms in total. The number of nitrogens with one attached hydrogen (secondary N) is 3. The highest BCUT2D eigenvalue weighted by Gasteiger charge is 2.13. The average Bonchev–Trinajstić information content (AvgIpc) is 2.47. The third kappa shape index (κ3) is 3.60. The summed E-state index contributed by atoms with van der Waals surface area (Å²) in [6.07, 6.45) is 0. The van der Waals surface area contributed by atoms with Crippen molar-refractivity contribution in [3.05, 3.63) is 64.4 Å². The summed E-state index contributed by atoms with van der Waals surface area (Å²) in [6.45, 7) is 0. The zero-order chi connectivity index (χ0) is 16.1. The number of benzene rings is 2. The molecule has 0 aliphatic carbocycles. The molecular formula is C15H13ClFN3O2. The van der Waals surface area contributed by atoms with Crippen molar-refractivity contribution in [2.45, 2.75) is 0 Å². The Kier molecular flexibility index (Phi) is 5.08. The van der Waals surface area contributed by atoms with E-state index in [0.29, 0.717) is 5.69 Å². The highest BCUT2D eigenvalue weighted by molar-refractivity contribution is 6.34. The molecular weight excluding hydrogens is 309 g/mol. The van der Waals surface area contributed by atoms with E-state index in [9.17, 15) is 14.0 Å². The topological polar surface area (TPSA) is 70.2 Å². The number of carbonyl (C=O) groups is 2. The Labute approximate surface area is 131 Å². The van der Waals surface area contributed by atoms with Crippen molar-refractivity contribution in [3.63, 3.8) is 0 Å². The number of rotatable bonds is 4. The predicted octanol–water partition coefficient (Wildman–Crippen LogP) is 2.60. The lowest BCUT2D eigenvalue weighted by Crippen LogP contribution is -2.34. The number of hydrogen-bond donors (Lipinski definition) is 3. The molecule has 7 heteroatoms. The summed E-state index contributed by atoms with van der Waals surface area (Å²) in [5, 5.41) is 2.69. The van der Waals surface area contributed by atoms with Crippen LogP contribution in [0.5, 0.6) is 0 Å². The summed E-state index contributed by atoms with van der Waals surface area (Å²) in [6, 6.07) is 10.0. The summed E-state index contributed by atoms with van der Waals surface area (Å²) >= 11 is 6.01. The van der Waals surface area contributed by atoms with Crippen LogP contribution in [-0.4, -0.2) is 18.9 Å². The summed E-state index contributed by atoms with van der Waals surface area (Å²) in [5.41, 5.74) is 5.42. The Morgan fingerprint density at radius 3 is 2.41 bits per heavy atom. The maximum Gasteiger partial charge on any atom is 0.266 e. The summed E-state index contributed by atoms with van der Waals surface area (Å²) in [5.74, 6) is -1.61. The van der Waals surface area contributed by atoms with E-state index in [1.54, 1.807) is 13.1 Å². The first-order chi connectivity index (χ1) is 10.5. The van der Waals surface area contributed by atoms with Crippen LogP contribution < -0.4 is 16.2 Å². The van der Waals surface area contributed by atoms with Crippen LogP contribution in [0.4, 0.5) is 10.1 Å². The molecule has 0 radical (unpaired) electrons. The van der Waals surface area contributed by atoms with Gasteiger partial charge in [-0.3, -0.25) is 15.0 Å². The van der Waals surface area contributed by atoms with Crippen molar-refractivity contribution in [2.75, 3.05) is 12.4 Å². The first-order valence-corrected chi connectivity index (χ1v) is 6.73. The van der Waals surface area contributed by atoms with E-state index < -0.39 is 17.6 Å². The van der Waals surface area contributed by atoms with Crippen molar-refractivity contribution >= 4 is 29.1 Å². The van der Waals surface area contributed by atoms with Gasteiger partial charge in [-0.15, -0.1) is 0 Å². The van der Waals surface area contributed by atoms with Gasteiger partial charge in [0.25, 0.3) is 11.8 Å². The van der Waals surface area contributed by atoms with E-state index in [1.807, 2.05) is 0 Å². The lowest BCUT2D eigenvalue weighted by atomic mass is 10.1. The molecule has 0 saturated carbocycles. The van der Waals surface area contributed by atoms with Gasteiger partial charge in [0.15, 0.2) is 0 Å². The van der Waals surface area contributed by atoms with Gasteiger partial charge in [0.05, 0.1) is 16.1 Å². The second kappa shape index (κ2) is 7.02. The highest BCUT2D eigenvalue weighted by atomic mass is 35.5. The second-order valence-electron chi connectivity index (χ2n) is 4.33. The van der Waals surface area contributed by atoms with Crippen molar-refractivity contribution < 1.29 is 14.0 Å². The van der Waals surface area contributed by atoms with Gasteiger partial charge in [0.1, 0.15) is 5.82 Å². The predicted molar refractivity (Wildman–Crippen MR) is 82.3 cm³/mol. The van der Waals surface area contributed by atoms with Gasteiger partial charge >= 0.3 is 0 Å². The number of hydrazine groups is 1. The van der Waals surface area contributed by atoms with E-state index in [0.717, 1.165) is 0 Å². The summed E-state index contributed by atoms with van der Waals surface area (Å²) in [4.78, 5) is 23.7. The fraction of sp³-hybridized carbons (Fsp3) is 0.0667. The smallest absolute Gasteiger partial charge is 0.266 e. The molecule has 0 heterocycles. The largest absolute Gasteiger partial charge is 0.322 e. The minimum absolute atomic E-state index is 0.0735. The maximum absolute atomic E-state index is 13.5. The molecule has 2 rings (SSSR count). The van der Waals surface area contributed by atoms with E-state index in [-0.39, 0.29) is 16.1 Å². The van der Waals surface area contributed by atoms with Crippen molar-refractivity contribution in [1.29, 1.82) is 0 Å². The summed E-state index contributed by atoms with van der Waals surface area (Å²) in [7, 11) is 1.55. The molecule has 0 saturated heterocycles. The molecule has 2 amide bonds. The van der Waals surface area contributed by atoms with E-state index in [1.165, 1.54) is 36.4 Å². The minimum atomic E-state index is -0.615. The van der Waals surface area contributed by atoms with Gasteiger partial charge in [0, 0.05) is 12.7 Å². The van der Waals surface area contributed by atoms with Crippen LogP contribution in [0.3, 0.4) is 0 Å².